The first-order valence-electron chi connectivity index (χ1n) is 5.43. The minimum Gasteiger partial charge on any atom is -0.398 e. The van der Waals surface area contributed by atoms with Crippen molar-refractivity contribution in [3.8, 4) is 0 Å². The number of hydrogen-bond donors (Lipinski definition) is 2. The van der Waals surface area contributed by atoms with Crippen LogP contribution in [0.25, 0.3) is 0 Å². The van der Waals surface area contributed by atoms with Gasteiger partial charge in [0.05, 0.1) is 6.10 Å². The van der Waals surface area contributed by atoms with Gasteiger partial charge in [-0.05, 0) is 25.3 Å². The van der Waals surface area contributed by atoms with Crippen LogP contribution in [0.5, 0.6) is 0 Å². The second kappa shape index (κ2) is 4.64. The molecule has 3 heteroatoms. The van der Waals surface area contributed by atoms with Crippen LogP contribution < -0.4 is 5.73 Å². The SMILES string of the molecule is Nc1ccccc1C(O)C1CCCCO1. The molecule has 2 rings (SSSR count). The number of anilines is 1. The predicted octanol–water partition coefficient (Wildman–Crippen LogP) is 1.87. The fourth-order valence-electron chi connectivity index (χ4n) is 2.00. The summed E-state index contributed by atoms with van der Waals surface area (Å²) in [6, 6.07) is 7.42. The fraction of sp³-hybridized carbons (Fsp3) is 0.500. The van der Waals surface area contributed by atoms with Crippen LogP contribution in [0.2, 0.25) is 0 Å². The van der Waals surface area contributed by atoms with Crippen LogP contribution in [0.15, 0.2) is 24.3 Å². The van der Waals surface area contributed by atoms with Crippen molar-refractivity contribution < 1.29 is 9.84 Å². The third kappa shape index (κ3) is 2.30. The van der Waals surface area contributed by atoms with Gasteiger partial charge in [-0.25, -0.2) is 0 Å². The van der Waals surface area contributed by atoms with Gasteiger partial charge in [-0.1, -0.05) is 18.2 Å². The lowest BCUT2D eigenvalue weighted by molar-refractivity contribution is -0.0630. The van der Waals surface area contributed by atoms with Crippen molar-refractivity contribution in [2.45, 2.75) is 31.5 Å². The zero-order valence-corrected chi connectivity index (χ0v) is 8.73. The van der Waals surface area contributed by atoms with Gasteiger partial charge < -0.3 is 15.6 Å². The number of aliphatic hydroxyl groups is 1. The summed E-state index contributed by atoms with van der Waals surface area (Å²) in [5.74, 6) is 0. The van der Waals surface area contributed by atoms with Gasteiger partial charge in [0.1, 0.15) is 6.10 Å². The molecule has 0 aromatic heterocycles. The number of hydrogen-bond acceptors (Lipinski definition) is 3. The topological polar surface area (TPSA) is 55.5 Å². The van der Waals surface area contributed by atoms with E-state index in [1.54, 1.807) is 6.07 Å². The summed E-state index contributed by atoms with van der Waals surface area (Å²) in [4.78, 5) is 0. The van der Waals surface area contributed by atoms with Crippen LogP contribution in [0.1, 0.15) is 30.9 Å². The third-order valence-corrected chi connectivity index (χ3v) is 2.88. The Morgan fingerprint density at radius 3 is 2.80 bits per heavy atom. The maximum atomic E-state index is 10.1. The van der Waals surface area contributed by atoms with Crippen molar-refractivity contribution in [1.29, 1.82) is 0 Å². The minimum atomic E-state index is -0.591. The number of benzene rings is 1. The molecule has 1 fully saturated rings. The Hall–Kier alpha value is -1.06. The van der Waals surface area contributed by atoms with Gasteiger partial charge in [0.15, 0.2) is 0 Å². The highest BCUT2D eigenvalue weighted by atomic mass is 16.5. The Morgan fingerprint density at radius 1 is 1.33 bits per heavy atom. The maximum absolute atomic E-state index is 10.1. The molecular weight excluding hydrogens is 190 g/mol. The van der Waals surface area contributed by atoms with E-state index in [4.69, 9.17) is 10.5 Å². The number of nitrogen functional groups attached to an aromatic ring is 1. The first-order valence-corrected chi connectivity index (χ1v) is 5.43. The van der Waals surface area contributed by atoms with Crippen LogP contribution in [-0.4, -0.2) is 17.8 Å². The van der Waals surface area contributed by atoms with E-state index >= 15 is 0 Å². The average Bonchev–Trinajstić information content (AvgIpc) is 2.30. The monoisotopic (exact) mass is 207 g/mol. The minimum absolute atomic E-state index is 0.0940. The average molecular weight is 207 g/mol. The van der Waals surface area contributed by atoms with E-state index in [2.05, 4.69) is 0 Å². The van der Waals surface area contributed by atoms with Crippen LogP contribution in [0, 0.1) is 0 Å². The van der Waals surface area contributed by atoms with E-state index in [-0.39, 0.29) is 6.10 Å². The molecule has 0 amide bonds. The van der Waals surface area contributed by atoms with Gasteiger partial charge in [-0.2, -0.15) is 0 Å². The Kier molecular flexibility index (Phi) is 3.23. The largest absolute Gasteiger partial charge is 0.398 e. The van der Waals surface area contributed by atoms with Crippen LogP contribution in [0.3, 0.4) is 0 Å². The third-order valence-electron chi connectivity index (χ3n) is 2.88. The molecule has 1 aliphatic heterocycles. The molecule has 1 aliphatic rings. The highest BCUT2D eigenvalue weighted by molar-refractivity contribution is 5.47. The first kappa shape index (κ1) is 10.5. The molecule has 0 radical (unpaired) electrons. The molecule has 82 valence electrons. The number of aliphatic hydroxyl groups excluding tert-OH is 1. The lowest BCUT2D eigenvalue weighted by atomic mass is 9.97. The van der Waals surface area contributed by atoms with Gasteiger partial charge in [-0.3, -0.25) is 0 Å². The highest BCUT2D eigenvalue weighted by Crippen LogP contribution is 2.29. The summed E-state index contributed by atoms with van der Waals surface area (Å²) in [5.41, 5.74) is 7.23. The first-order chi connectivity index (χ1) is 7.29. The molecule has 1 saturated heterocycles. The molecule has 0 aliphatic carbocycles. The molecule has 3 N–H and O–H groups in total. The summed E-state index contributed by atoms with van der Waals surface area (Å²) < 4.78 is 5.54. The van der Waals surface area contributed by atoms with Gasteiger partial charge in [0.2, 0.25) is 0 Å². The van der Waals surface area contributed by atoms with Crippen molar-refractivity contribution in [1.82, 2.24) is 0 Å². The number of para-hydroxylation sites is 1. The molecule has 0 saturated carbocycles. The van der Waals surface area contributed by atoms with Crippen molar-refractivity contribution in [3.63, 3.8) is 0 Å². The van der Waals surface area contributed by atoms with Crippen molar-refractivity contribution in [3.05, 3.63) is 29.8 Å². The summed E-state index contributed by atoms with van der Waals surface area (Å²) in [6.45, 7) is 0.745. The molecule has 3 nitrogen and oxygen atoms in total. The Labute approximate surface area is 89.9 Å². The predicted molar refractivity (Wildman–Crippen MR) is 59.4 cm³/mol. The number of rotatable bonds is 2. The summed E-state index contributed by atoms with van der Waals surface area (Å²) in [5, 5.41) is 10.1. The summed E-state index contributed by atoms with van der Waals surface area (Å²) in [6.07, 6.45) is 2.44. The van der Waals surface area contributed by atoms with Crippen molar-refractivity contribution >= 4 is 5.69 Å². The molecular formula is C12H17NO2. The van der Waals surface area contributed by atoms with Crippen LogP contribution in [0.4, 0.5) is 5.69 Å². The zero-order valence-electron chi connectivity index (χ0n) is 8.73. The Morgan fingerprint density at radius 2 is 2.13 bits per heavy atom. The van der Waals surface area contributed by atoms with Crippen molar-refractivity contribution in [2.75, 3.05) is 12.3 Å². The second-order valence-electron chi connectivity index (χ2n) is 3.98. The molecule has 2 unspecified atom stereocenters. The Balaban J connectivity index is 2.12. The standard InChI is InChI=1S/C12H17NO2/c13-10-6-2-1-5-9(10)12(14)11-7-3-4-8-15-11/h1-2,5-6,11-12,14H,3-4,7-8,13H2. The molecule has 1 heterocycles. The van der Waals surface area contributed by atoms with E-state index in [9.17, 15) is 5.11 Å². The lowest BCUT2D eigenvalue weighted by Crippen LogP contribution is -2.26. The van der Waals surface area contributed by atoms with Crippen LogP contribution in [-0.2, 0) is 4.74 Å². The summed E-state index contributed by atoms with van der Waals surface area (Å²) >= 11 is 0. The fourth-order valence-corrected chi connectivity index (χ4v) is 2.00. The number of nitrogens with two attached hydrogens (primary N) is 1. The van der Waals surface area contributed by atoms with E-state index in [1.165, 1.54) is 0 Å². The van der Waals surface area contributed by atoms with E-state index in [1.807, 2.05) is 18.2 Å². The number of ether oxygens (including phenoxy) is 1. The van der Waals surface area contributed by atoms with E-state index < -0.39 is 6.10 Å². The van der Waals surface area contributed by atoms with Gasteiger partial charge in [0.25, 0.3) is 0 Å². The van der Waals surface area contributed by atoms with Gasteiger partial charge in [0, 0.05) is 17.9 Å². The zero-order chi connectivity index (χ0) is 10.7. The lowest BCUT2D eigenvalue weighted by Gasteiger charge is -2.27. The van der Waals surface area contributed by atoms with Crippen LogP contribution >= 0.6 is 0 Å². The Bertz CT molecular complexity index is 321. The van der Waals surface area contributed by atoms with Gasteiger partial charge >= 0.3 is 0 Å². The smallest absolute Gasteiger partial charge is 0.107 e. The maximum Gasteiger partial charge on any atom is 0.107 e. The highest BCUT2D eigenvalue weighted by Gasteiger charge is 2.24. The normalized spacial score (nSPS) is 23.7. The quantitative estimate of drug-likeness (QED) is 0.728. The summed E-state index contributed by atoms with van der Waals surface area (Å²) in [7, 11) is 0. The van der Waals surface area contributed by atoms with Crippen molar-refractivity contribution in [2.24, 2.45) is 0 Å². The molecule has 1 aromatic rings. The molecule has 0 bridgehead atoms. The molecule has 1 aromatic carbocycles. The van der Waals surface area contributed by atoms with Gasteiger partial charge in [-0.15, -0.1) is 0 Å². The molecule has 0 spiro atoms. The van der Waals surface area contributed by atoms with E-state index in [0.717, 1.165) is 31.4 Å². The second-order valence-corrected chi connectivity index (χ2v) is 3.98. The van der Waals surface area contributed by atoms with E-state index in [0.29, 0.717) is 5.69 Å². The molecule has 2 atom stereocenters. The molecule has 15 heavy (non-hydrogen) atoms.